The molecule has 4 heterocycles. The monoisotopic (exact) mass is 546 g/mol. The van der Waals surface area contributed by atoms with Crippen molar-refractivity contribution in [1.82, 2.24) is 31.0 Å². The van der Waals surface area contributed by atoms with Crippen LogP contribution in [0.1, 0.15) is 24.7 Å². The van der Waals surface area contributed by atoms with E-state index in [0.717, 1.165) is 16.0 Å². The summed E-state index contributed by atoms with van der Waals surface area (Å²) in [5.41, 5.74) is 0.638. The fraction of sp³-hybridized carbons (Fsp3) is 0.611. The highest BCUT2D eigenvalue weighted by Crippen LogP contribution is 2.32. The van der Waals surface area contributed by atoms with Gasteiger partial charge in [-0.25, -0.2) is 4.79 Å². The molecule has 2 aromatic heterocycles. The van der Waals surface area contributed by atoms with Crippen LogP contribution in [0.2, 0.25) is 0 Å². The summed E-state index contributed by atoms with van der Waals surface area (Å²) < 4.78 is 19.1. The first-order valence-corrected chi connectivity index (χ1v) is 11.4. The van der Waals surface area contributed by atoms with E-state index in [2.05, 4.69) is 62.9 Å². The first-order chi connectivity index (χ1) is 14.5. The molecule has 2 fully saturated rings. The first kappa shape index (κ1) is 21.9. The average Bonchev–Trinajstić information content (AvgIpc) is 3.28. The van der Waals surface area contributed by atoms with Crippen molar-refractivity contribution in [3.8, 4) is 0 Å². The molecule has 12 heteroatoms. The topological polar surface area (TPSA) is 126 Å². The van der Waals surface area contributed by atoms with Crippen molar-refractivity contribution in [2.24, 2.45) is 0 Å². The summed E-state index contributed by atoms with van der Waals surface area (Å²) in [7, 11) is 0. The van der Waals surface area contributed by atoms with Crippen LogP contribution in [0.4, 0.5) is 0 Å². The van der Waals surface area contributed by atoms with Crippen LogP contribution in [0.3, 0.4) is 0 Å². The van der Waals surface area contributed by atoms with E-state index in [-0.39, 0.29) is 13.2 Å². The van der Waals surface area contributed by atoms with E-state index in [1.165, 1.54) is 0 Å². The van der Waals surface area contributed by atoms with Gasteiger partial charge in [0.2, 0.25) is 0 Å². The molecule has 4 rings (SSSR count). The number of halogens is 2. The van der Waals surface area contributed by atoms with Crippen molar-refractivity contribution in [3.05, 3.63) is 32.7 Å². The number of hydrogen-bond donors (Lipinski definition) is 4. The third kappa shape index (κ3) is 4.34. The minimum atomic E-state index is -0.669. The van der Waals surface area contributed by atoms with Gasteiger partial charge in [0, 0.05) is 26.2 Å². The highest BCUT2D eigenvalue weighted by molar-refractivity contribution is 9.10. The van der Waals surface area contributed by atoms with Gasteiger partial charge in [0.1, 0.15) is 27.0 Å². The lowest BCUT2D eigenvalue weighted by molar-refractivity contribution is -0.184. The molecule has 10 nitrogen and oxygen atoms in total. The van der Waals surface area contributed by atoms with Gasteiger partial charge >= 0.3 is 5.97 Å². The van der Waals surface area contributed by atoms with Gasteiger partial charge in [0.05, 0.1) is 18.0 Å². The molecule has 0 saturated carbocycles. The number of ether oxygens (including phenoxy) is 3. The number of esters is 1. The Balaban J connectivity index is 1.28. The smallest absolute Gasteiger partial charge is 0.335 e. The van der Waals surface area contributed by atoms with Crippen molar-refractivity contribution < 1.29 is 19.0 Å². The predicted molar refractivity (Wildman–Crippen MR) is 114 cm³/mol. The lowest BCUT2D eigenvalue weighted by Gasteiger charge is -2.43. The van der Waals surface area contributed by atoms with Crippen LogP contribution in [0.5, 0.6) is 0 Å². The Bertz CT molecular complexity index is 880. The molecule has 0 radical (unpaired) electrons. The van der Waals surface area contributed by atoms with Crippen molar-refractivity contribution in [2.75, 3.05) is 39.4 Å². The van der Waals surface area contributed by atoms with Gasteiger partial charge in [0.25, 0.3) is 0 Å². The van der Waals surface area contributed by atoms with Crippen LogP contribution >= 0.6 is 31.9 Å². The highest BCUT2D eigenvalue weighted by atomic mass is 79.9. The number of carbonyl (C=O) groups excluding carboxylic acids is 1. The zero-order valence-corrected chi connectivity index (χ0v) is 19.6. The molecule has 0 spiro atoms. The maximum absolute atomic E-state index is 12.6. The molecule has 4 N–H and O–H groups in total. The zero-order chi connectivity index (χ0) is 21.2. The van der Waals surface area contributed by atoms with Gasteiger partial charge in [-0.3, -0.25) is 10.2 Å². The zero-order valence-electron chi connectivity index (χ0n) is 16.5. The second-order valence-corrected chi connectivity index (χ2v) is 9.06. The van der Waals surface area contributed by atoms with Gasteiger partial charge in [0.15, 0.2) is 6.10 Å². The van der Waals surface area contributed by atoms with Crippen LogP contribution < -0.4 is 10.6 Å². The van der Waals surface area contributed by atoms with Gasteiger partial charge in [-0.2, -0.15) is 10.2 Å². The molecule has 0 bridgehead atoms. The van der Waals surface area contributed by atoms with Crippen molar-refractivity contribution >= 4 is 37.8 Å². The Morgan fingerprint density at radius 3 is 2.03 bits per heavy atom. The third-order valence-corrected chi connectivity index (χ3v) is 6.24. The predicted octanol–water partition coefficient (Wildman–Crippen LogP) is 1.31. The molecule has 2 aliphatic heterocycles. The molecule has 164 valence electrons. The summed E-state index contributed by atoms with van der Waals surface area (Å²) in [6.45, 7) is 4.87. The van der Waals surface area contributed by atoms with E-state index in [1.54, 1.807) is 0 Å². The number of carbonyl (C=O) groups is 1. The van der Waals surface area contributed by atoms with Crippen LogP contribution in [0.15, 0.2) is 21.3 Å². The second kappa shape index (κ2) is 9.05. The molecule has 1 atom stereocenters. The van der Waals surface area contributed by atoms with Crippen molar-refractivity contribution in [1.29, 1.82) is 0 Å². The molecule has 1 unspecified atom stereocenters. The van der Waals surface area contributed by atoms with E-state index in [9.17, 15) is 4.79 Å². The van der Waals surface area contributed by atoms with Gasteiger partial charge in [-0.05, 0) is 50.4 Å². The summed E-state index contributed by atoms with van der Waals surface area (Å²) in [4.78, 5) is 12.6. The summed E-state index contributed by atoms with van der Waals surface area (Å²) in [6.07, 6.45) is -0.163. The van der Waals surface area contributed by atoms with Crippen LogP contribution in [0, 0.1) is 0 Å². The molecular weight excluding hydrogens is 524 g/mol. The first-order valence-electron chi connectivity index (χ1n) is 9.79. The Labute approximate surface area is 190 Å². The number of nitrogens with zero attached hydrogens (tertiary/aromatic N) is 2. The quantitative estimate of drug-likeness (QED) is 0.259. The van der Waals surface area contributed by atoms with E-state index >= 15 is 0 Å². The van der Waals surface area contributed by atoms with E-state index in [0.29, 0.717) is 37.2 Å². The van der Waals surface area contributed by atoms with Gasteiger partial charge in [-0.15, -0.1) is 0 Å². The number of H-pyrrole nitrogens is 2. The summed E-state index contributed by atoms with van der Waals surface area (Å²) in [6, 6.07) is 3.76. The highest BCUT2D eigenvalue weighted by Gasteiger charge is 2.45. The Hall–Kier alpha value is -1.31. The molecule has 2 aromatic rings. The lowest BCUT2D eigenvalue weighted by atomic mass is 9.92. The third-order valence-electron chi connectivity index (χ3n) is 5.42. The van der Waals surface area contributed by atoms with E-state index in [4.69, 9.17) is 14.2 Å². The molecule has 2 aliphatic rings. The Kier molecular flexibility index (Phi) is 6.61. The maximum atomic E-state index is 12.6. The second-order valence-electron chi connectivity index (χ2n) is 7.44. The van der Waals surface area contributed by atoms with Crippen LogP contribution in [-0.4, -0.2) is 71.9 Å². The summed E-state index contributed by atoms with van der Waals surface area (Å²) in [5, 5.41) is 20.5. The molecule has 2 saturated heterocycles. The van der Waals surface area contributed by atoms with E-state index < -0.39 is 23.3 Å². The number of hydrogen-bond acceptors (Lipinski definition) is 8. The van der Waals surface area contributed by atoms with Crippen LogP contribution in [-0.2, 0) is 30.2 Å². The minimum absolute atomic E-state index is 0.149. The normalized spacial score (nSPS) is 20.2. The number of rotatable bonds is 10. The van der Waals surface area contributed by atoms with Gasteiger partial charge < -0.3 is 24.8 Å². The average molecular weight is 548 g/mol. The van der Waals surface area contributed by atoms with Crippen molar-refractivity contribution in [2.45, 2.75) is 30.7 Å². The maximum Gasteiger partial charge on any atom is 0.335 e. The van der Waals surface area contributed by atoms with Gasteiger partial charge in [-0.1, -0.05) is 6.92 Å². The molecule has 0 aliphatic carbocycles. The standard InChI is InChI=1S/C18H24Br2N6O4/c1-2-11(30-18(9-22-10-18)13-6-15(20)26-24-13)16(27)28-3-4-29-17(7-21-8-17)12-5-14(19)25-23-12/h5-6,11,21-22H,2-4,7-10H2,1H3,(H,23,25)(H,24,26). The molecular formula is C18H24Br2N6O4. The number of aromatic amines is 2. The fourth-order valence-electron chi connectivity index (χ4n) is 3.52. The SMILES string of the molecule is CCC(OC1(c2cc(Br)n[nH]2)CNC1)C(=O)OCCOC1(c2cc(Br)n[nH]2)CNC1. The van der Waals surface area contributed by atoms with Crippen molar-refractivity contribution in [3.63, 3.8) is 0 Å². The summed E-state index contributed by atoms with van der Waals surface area (Å²) in [5.74, 6) is -0.393. The molecule has 0 aromatic carbocycles. The fourth-order valence-corrected chi connectivity index (χ4v) is 4.15. The number of aromatic nitrogens is 4. The van der Waals surface area contributed by atoms with E-state index in [1.807, 2.05) is 19.1 Å². The lowest BCUT2D eigenvalue weighted by Crippen LogP contribution is -2.60. The van der Waals surface area contributed by atoms with Crippen LogP contribution in [0.25, 0.3) is 0 Å². The Morgan fingerprint density at radius 1 is 1.03 bits per heavy atom. The molecule has 0 amide bonds. The minimum Gasteiger partial charge on any atom is -0.461 e. The summed E-state index contributed by atoms with van der Waals surface area (Å²) >= 11 is 6.68. The Morgan fingerprint density at radius 2 is 1.60 bits per heavy atom. The number of nitrogens with one attached hydrogen (secondary N) is 4. The largest absolute Gasteiger partial charge is 0.461 e. The molecule has 30 heavy (non-hydrogen) atoms.